The number of hydrogen-bond acceptors (Lipinski definition) is 2. The van der Waals surface area contributed by atoms with Crippen LogP contribution >= 0.6 is 0 Å². The van der Waals surface area contributed by atoms with Crippen LogP contribution in [0.15, 0.2) is 18.2 Å². The Kier molecular flexibility index (Phi) is 6.01. The Labute approximate surface area is 105 Å². The summed E-state index contributed by atoms with van der Waals surface area (Å²) in [4.78, 5) is 10.1. The standard InChI is InChI=1S/C10H6F6O.CH5N/c11-9(12,13)7-3-6(1-2-17)4-8(5-7)10(14,15)16;1-2/h2-5H,1H2;2H2,1H3. The Morgan fingerprint density at radius 1 is 0.947 bits per heavy atom. The molecule has 0 saturated heterocycles. The molecule has 0 unspecified atom stereocenters. The van der Waals surface area contributed by atoms with Gasteiger partial charge in [0.1, 0.15) is 6.29 Å². The summed E-state index contributed by atoms with van der Waals surface area (Å²) in [5.74, 6) is 0. The molecule has 108 valence electrons. The van der Waals surface area contributed by atoms with Crippen molar-refractivity contribution in [1.82, 2.24) is 0 Å². The van der Waals surface area contributed by atoms with Crippen LogP contribution in [-0.4, -0.2) is 13.3 Å². The summed E-state index contributed by atoms with van der Waals surface area (Å²) in [6.45, 7) is 0. The van der Waals surface area contributed by atoms with Crippen LogP contribution < -0.4 is 5.73 Å². The molecular weight excluding hydrogens is 276 g/mol. The van der Waals surface area contributed by atoms with E-state index in [1.54, 1.807) is 0 Å². The van der Waals surface area contributed by atoms with Crippen molar-refractivity contribution >= 4 is 6.29 Å². The molecule has 0 bridgehead atoms. The highest BCUT2D eigenvalue weighted by Gasteiger charge is 2.36. The van der Waals surface area contributed by atoms with Crippen molar-refractivity contribution in [3.63, 3.8) is 0 Å². The minimum absolute atomic E-state index is 0.0221. The van der Waals surface area contributed by atoms with E-state index in [-0.39, 0.29) is 17.9 Å². The number of nitrogens with two attached hydrogens (primary N) is 1. The second-order valence-electron chi connectivity index (χ2n) is 3.28. The molecule has 0 amide bonds. The largest absolute Gasteiger partial charge is 0.416 e. The molecule has 1 rings (SSSR count). The first-order chi connectivity index (χ1) is 8.64. The van der Waals surface area contributed by atoms with E-state index in [9.17, 15) is 31.1 Å². The molecule has 0 aliphatic heterocycles. The zero-order valence-corrected chi connectivity index (χ0v) is 9.77. The lowest BCUT2D eigenvalue weighted by Crippen LogP contribution is -2.11. The van der Waals surface area contributed by atoms with Gasteiger partial charge in [0.25, 0.3) is 0 Å². The molecule has 0 atom stereocenters. The first-order valence-corrected chi connectivity index (χ1v) is 4.94. The quantitative estimate of drug-likeness (QED) is 0.671. The van der Waals surface area contributed by atoms with Gasteiger partial charge in [0, 0.05) is 6.42 Å². The number of halogens is 6. The van der Waals surface area contributed by atoms with Crippen molar-refractivity contribution in [2.24, 2.45) is 5.73 Å². The highest BCUT2D eigenvalue weighted by molar-refractivity contribution is 5.55. The van der Waals surface area contributed by atoms with Crippen molar-refractivity contribution in [1.29, 1.82) is 0 Å². The van der Waals surface area contributed by atoms with Crippen LogP contribution in [-0.2, 0) is 23.6 Å². The molecule has 0 aromatic heterocycles. The number of aldehydes is 1. The van der Waals surface area contributed by atoms with Gasteiger partial charge in [0.15, 0.2) is 0 Å². The van der Waals surface area contributed by atoms with Gasteiger partial charge in [-0.2, -0.15) is 26.3 Å². The fourth-order valence-electron chi connectivity index (χ4n) is 1.23. The van der Waals surface area contributed by atoms with Crippen LogP contribution in [0.1, 0.15) is 16.7 Å². The first-order valence-electron chi connectivity index (χ1n) is 4.94. The van der Waals surface area contributed by atoms with Crippen LogP contribution in [0.25, 0.3) is 0 Å². The Bertz CT molecular complexity index is 392. The van der Waals surface area contributed by atoms with Crippen molar-refractivity contribution in [2.75, 3.05) is 7.05 Å². The Balaban J connectivity index is 0.00000154. The van der Waals surface area contributed by atoms with Gasteiger partial charge in [-0.1, -0.05) is 0 Å². The van der Waals surface area contributed by atoms with E-state index < -0.39 is 29.9 Å². The fraction of sp³-hybridized carbons (Fsp3) is 0.364. The molecule has 0 aliphatic rings. The van der Waals surface area contributed by atoms with Gasteiger partial charge >= 0.3 is 12.4 Å². The van der Waals surface area contributed by atoms with Crippen molar-refractivity contribution in [3.8, 4) is 0 Å². The predicted octanol–water partition coefficient (Wildman–Crippen LogP) is 3.04. The number of hydrogen-bond donors (Lipinski definition) is 1. The molecule has 8 heteroatoms. The minimum Gasteiger partial charge on any atom is -0.333 e. The third-order valence-electron chi connectivity index (χ3n) is 1.97. The average Bonchev–Trinajstić information content (AvgIpc) is 2.29. The fourth-order valence-corrected chi connectivity index (χ4v) is 1.23. The highest BCUT2D eigenvalue weighted by atomic mass is 19.4. The van der Waals surface area contributed by atoms with Crippen LogP contribution in [0.4, 0.5) is 26.3 Å². The molecule has 0 spiro atoms. The van der Waals surface area contributed by atoms with E-state index in [1.807, 2.05) is 0 Å². The van der Waals surface area contributed by atoms with E-state index in [1.165, 1.54) is 7.05 Å². The number of benzene rings is 1. The molecule has 0 fully saturated rings. The predicted molar refractivity (Wildman–Crippen MR) is 56.3 cm³/mol. The number of rotatable bonds is 2. The van der Waals surface area contributed by atoms with Gasteiger partial charge in [0.2, 0.25) is 0 Å². The van der Waals surface area contributed by atoms with Gasteiger partial charge in [-0.25, -0.2) is 0 Å². The van der Waals surface area contributed by atoms with E-state index in [4.69, 9.17) is 0 Å². The third-order valence-corrected chi connectivity index (χ3v) is 1.97. The summed E-state index contributed by atoms with van der Waals surface area (Å²) in [5, 5.41) is 0. The van der Waals surface area contributed by atoms with Crippen molar-refractivity contribution in [2.45, 2.75) is 18.8 Å². The van der Waals surface area contributed by atoms with Gasteiger partial charge < -0.3 is 10.5 Å². The SMILES string of the molecule is CN.O=CCc1cc(C(F)(F)F)cc(C(F)(F)F)c1. The lowest BCUT2D eigenvalue weighted by atomic mass is 10.0. The van der Waals surface area contributed by atoms with E-state index >= 15 is 0 Å². The summed E-state index contributed by atoms with van der Waals surface area (Å²) in [5.41, 5.74) is 1.36. The summed E-state index contributed by atoms with van der Waals surface area (Å²) >= 11 is 0. The minimum atomic E-state index is -4.88. The topological polar surface area (TPSA) is 43.1 Å². The van der Waals surface area contributed by atoms with Crippen LogP contribution in [0.2, 0.25) is 0 Å². The van der Waals surface area contributed by atoms with E-state index in [2.05, 4.69) is 5.73 Å². The molecule has 0 radical (unpaired) electrons. The molecular formula is C11H11F6NO. The Hall–Kier alpha value is -1.57. The Morgan fingerprint density at radius 3 is 1.58 bits per heavy atom. The number of alkyl halides is 6. The molecule has 1 aromatic rings. The maximum Gasteiger partial charge on any atom is 0.416 e. The maximum absolute atomic E-state index is 12.3. The molecule has 1 aromatic carbocycles. The third kappa shape index (κ3) is 5.29. The monoisotopic (exact) mass is 287 g/mol. The molecule has 2 nitrogen and oxygen atoms in total. The van der Waals surface area contributed by atoms with E-state index in [0.717, 1.165) is 0 Å². The molecule has 0 aliphatic carbocycles. The zero-order valence-electron chi connectivity index (χ0n) is 9.77. The van der Waals surface area contributed by atoms with Crippen LogP contribution in [0.5, 0.6) is 0 Å². The highest BCUT2D eigenvalue weighted by Crippen LogP contribution is 2.36. The summed E-state index contributed by atoms with van der Waals surface area (Å²) in [7, 11) is 1.50. The first kappa shape index (κ1) is 17.4. The van der Waals surface area contributed by atoms with Crippen molar-refractivity contribution in [3.05, 3.63) is 34.9 Å². The normalized spacial score (nSPS) is 11.6. The van der Waals surface area contributed by atoms with Crippen LogP contribution in [0.3, 0.4) is 0 Å². The van der Waals surface area contributed by atoms with Gasteiger partial charge in [-0.3, -0.25) is 0 Å². The van der Waals surface area contributed by atoms with E-state index in [0.29, 0.717) is 12.1 Å². The molecule has 0 heterocycles. The maximum atomic E-state index is 12.3. The molecule has 2 N–H and O–H groups in total. The van der Waals surface area contributed by atoms with Gasteiger partial charge in [-0.05, 0) is 30.8 Å². The van der Waals surface area contributed by atoms with Gasteiger partial charge in [0.05, 0.1) is 11.1 Å². The summed E-state index contributed by atoms with van der Waals surface area (Å²) < 4.78 is 73.9. The smallest absolute Gasteiger partial charge is 0.333 e. The molecule has 19 heavy (non-hydrogen) atoms. The van der Waals surface area contributed by atoms with Crippen LogP contribution in [0, 0.1) is 0 Å². The molecule has 0 saturated carbocycles. The lowest BCUT2D eigenvalue weighted by Gasteiger charge is -2.13. The average molecular weight is 287 g/mol. The second-order valence-corrected chi connectivity index (χ2v) is 3.28. The summed E-state index contributed by atoms with van der Waals surface area (Å²) in [6.07, 6.45) is -10.00. The number of carbonyl (C=O) groups excluding carboxylic acids is 1. The van der Waals surface area contributed by atoms with Crippen molar-refractivity contribution < 1.29 is 31.1 Å². The number of carbonyl (C=O) groups is 1. The Morgan fingerprint density at radius 2 is 1.32 bits per heavy atom. The van der Waals surface area contributed by atoms with Gasteiger partial charge in [-0.15, -0.1) is 0 Å². The lowest BCUT2D eigenvalue weighted by molar-refractivity contribution is -0.143. The second kappa shape index (κ2) is 6.55. The summed E-state index contributed by atoms with van der Waals surface area (Å²) in [6, 6.07) is 1.08. The zero-order chi connectivity index (χ0) is 15.3.